The average Bonchev–Trinajstić information content (AvgIpc) is 3.07. The van der Waals surface area contributed by atoms with Crippen molar-refractivity contribution in [2.45, 2.75) is 18.4 Å². The van der Waals surface area contributed by atoms with E-state index in [0.717, 1.165) is 6.42 Å². The molecule has 0 unspecified atom stereocenters. The van der Waals surface area contributed by atoms with Gasteiger partial charge in [-0.2, -0.15) is 5.10 Å². The van der Waals surface area contributed by atoms with E-state index in [1.54, 1.807) is 17.9 Å². The zero-order valence-corrected chi connectivity index (χ0v) is 11.3. The minimum Gasteiger partial charge on any atom is -0.347 e. The first kappa shape index (κ1) is 12.2. The Morgan fingerprint density at radius 1 is 1.42 bits per heavy atom. The molecule has 0 spiro atoms. The summed E-state index contributed by atoms with van der Waals surface area (Å²) in [5.74, 6) is 0.210. The normalized spacial score (nSPS) is 21.2. The van der Waals surface area contributed by atoms with Crippen molar-refractivity contribution in [3.05, 3.63) is 52.8 Å². The number of aryl methyl sites for hydroxylation is 1. The Labute approximate surface area is 116 Å². The average molecular weight is 276 g/mol. The van der Waals surface area contributed by atoms with E-state index in [-0.39, 0.29) is 11.9 Å². The van der Waals surface area contributed by atoms with Crippen LogP contribution in [0.4, 0.5) is 0 Å². The second-order valence-electron chi connectivity index (χ2n) is 4.83. The number of nitrogens with zero attached hydrogens (tertiary/aromatic N) is 2. The number of benzene rings is 1. The Morgan fingerprint density at radius 2 is 2.16 bits per heavy atom. The van der Waals surface area contributed by atoms with Crippen molar-refractivity contribution in [2.24, 2.45) is 7.05 Å². The van der Waals surface area contributed by atoms with Gasteiger partial charge in [-0.25, -0.2) is 0 Å². The van der Waals surface area contributed by atoms with Crippen LogP contribution in [0.3, 0.4) is 0 Å². The third-order valence-electron chi connectivity index (χ3n) is 3.33. The lowest BCUT2D eigenvalue weighted by atomic mass is 10.1. The molecule has 1 amide bonds. The molecule has 1 saturated carbocycles. The monoisotopic (exact) mass is 275 g/mol. The third kappa shape index (κ3) is 2.49. The van der Waals surface area contributed by atoms with E-state index in [1.807, 2.05) is 18.2 Å². The molecule has 1 aliphatic rings. The fraction of sp³-hybridized carbons (Fsp3) is 0.286. The summed E-state index contributed by atoms with van der Waals surface area (Å²) in [6, 6.07) is 10.4. The topological polar surface area (TPSA) is 46.9 Å². The molecule has 4 nitrogen and oxygen atoms in total. The zero-order chi connectivity index (χ0) is 13.4. The van der Waals surface area contributed by atoms with Crippen LogP contribution < -0.4 is 5.32 Å². The van der Waals surface area contributed by atoms with Crippen molar-refractivity contribution in [1.82, 2.24) is 15.1 Å². The molecule has 1 heterocycles. The lowest BCUT2D eigenvalue weighted by molar-refractivity contribution is 0.0944. The maximum Gasteiger partial charge on any atom is 0.273 e. The second kappa shape index (κ2) is 4.70. The van der Waals surface area contributed by atoms with E-state index in [9.17, 15) is 4.79 Å². The van der Waals surface area contributed by atoms with Crippen LogP contribution in [0.25, 0.3) is 0 Å². The smallest absolute Gasteiger partial charge is 0.273 e. The van der Waals surface area contributed by atoms with Crippen LogP contribution in [-0.2, 0) is 7.05 Å². The van der Waals surface area contributed by atoms with Crippen LogP contribution >= 0.6 is 11.6 Å². The van der Waals surface area contributed by atoms with E-state index in [2.05, 4.69) is 22.5 Å². The Morgan fingerprint density at radius 3 is 2.79 bits per heavy atom. The molecule has 1 N–H and O–H groups in total. The number of amides is 1. The van der Waals surface area contributed by atoms with Crippen LogP contribution in [0.2, 0.25) is 5.02 Å². The van der Waals surface area contributed by atoms with Gasteiger partial charge >= 0.3 is 0 Å². The van der Waals surface area contributed by atoms with Gasteiger partial charge in [0.25, 0.3) is 5.91 Å². The zero-order valence-electron chi connectivity index (χ0n) is 10.5. The Balaban J connectivity index is 1.65. The van der Waals surface area contributed by atoms with Gasteiger partial charge in [0.15, 0.2) is 5.69 Å². The van der Waals surface area contributed by atoms with Gasteiger partial charge in [-0.1, -0.05) is 41.9 Å². The van der Waals surface area contributed by atoms with Crippen molar-refractivity contribution in [3.63, 3.8) is 0 Å². The van der Waals surface area contributed by atoms with Crippen LogP contribution in [0.5, 0.6) is 0 Å². The van der Waals surface area contributed by atoms with Gasteiger partial charge in [0.1, 0.15) is 0 Å². The molecule has 2 aromatic rings. The predicted octanol–water partition coefficient (Wildman–Crippen LogP) is 2.36. The van der Waals surface area contributed by atoms with Gasteiger partial charge in [-0.15, -0.1) is 0 Å². The molecule has 1 aromatic carbocycles. The highest BCUT2D eigenvalue weighted by atomic mass is 35.5. The van der Waals surface area contributed by atoms with E-state index in [4.69, 9.17) is 11.6 Å². The van der Waals surface area contributed by atoms with E-state index < -0.39 is 0 Å². The number of aromatic nitrogens is 2. The molecule has 5 heteroatoms. The molecule has 3 rings (SSSR count). The summed E-state index contributed by atoms with van der Waals surface area (Å²) in [6.45, 7) is 0. The number of carbonyl (C=O) groups is 1. The van der Waals surface area contributed by atoms with Crippen LogP contribution in [-0.4, -0.2) is 21.7 Å². The van der Waals surface area contributed by atoms with E-state index in [1.165, 1.54) is 5.56 Å². The number of carbonyl (C=O) groups excluding carboxylic acids is 1. The predicted molar refractivity (Wildman–Crippen MR) is 73.3 cm³/mol. The first-order valence-electron chi connectivity index (χ1n) is 6.20. The van der Waals surface area contributed by atoms with Gasteiger partial charge in [-0.3, -0.25) is 9.48 Å². The number of halogens is 1. The maximum absolute atomic E-state index is 12.0. The van der Waals surface area contributed by atoms with Gasteiger partial charge in [0, 0.05) is 25.2 Å². The van der Waals surface area contributed by atoms with Gasteiger partial charge < -0.3 is 5.32 Å². The molecule has 2 atom stereocenters. The van der Waals surface area contributed by atoms with Crippen molar-refractivity contribution in [2.75, 3.05) is 0 Å². The molecule has 1 aromatic heterocycles. The quantitative estimate of drug-likeness (QED) is 0.935. The number of rotatable bonds is 3. The van der Waals surface area contributed by atoms with Gasteiger partial charge in [-0.05, 0) is 12.0 Å². The maximum atomic E-state index is 12.0. The fourth-order valence-electron chi connectivity index (χ4n) is 2.27. The Hall–Kier alpha value is -1.81. The highest BCUT2D eigenvalue weighted by molar-refractivity contribution is 6.33. The summed E-state index contributed by atoms with van der Waals surface area (Å²) in [7, 11) is 1.74. The molecule has 0 bridgehead atoms. The molecule has 0 aliphatic heterocycles. The second-order valence-corrected chi connectivity index (χ2v) is 5.24. The van der Waals surface area contributed by atoms with Crippen LogP contribution in [0, 0.1) is 0 Å². The number of hydrogen-bond acceptors (Lipinski definition) is 2. The lowest BCUT2D eigenvalue weighted by Crippen LogP contribution is -2.27. The minimum absolute atomic E-state index is 0.188. The largest absolute Gasteiger partial charge is 0.347 e. The van der Waals surface area contributed by atoms with Crippen LogP contribution in [0.1, 0.15) is 28.4 Å². The Kier molecular flexibility index (Phi) is 3.03. The van der Waals surface area contributed by atoms with Crippen molar-refractivity contribution in [1.29, 1.82) is 0 Å². The first-order chi connectivity index (χ1) is 9.15. The molecular weight excluding hydrogens is 262 g/mol. The SMILES string of the molecule is Cn1cc(Cl)c(C(=O)N[C@@H]2C[C@H]2c2ccccc2)n1. The standard InChI is InChI=1S/C14H14ClN3O/c1-18-8-11(15)13(17-18)14(19)16-12-7-10(12)9-5-3-2-4-6-9/h2-6,8,10,12H,7H2,1H3,(H,16,19)/t10-,12+/m0/s1. The summed E-state index contributed by atoms with van der Waals surface area (Å²) in [4.78, 5) is 12.0. The molecule has 0 radical (unpaired) electrons. The summed E-state index contributed by atoms with van der Waals surface area (Å²) in [5.41, 5.74) is 1.56. The lowest BCUT2D eigenvalue weighted by Gasteiger charge is -2.03. The summed E-state index contributed by atoms with van der Waals surface area (Å²) >= 11 is 5.95. The minimum atomic E-state index is -0.200. The van der Waals surface area contributed by atoms with Crippen LogP contribution in [0.15, 0.2) is 36.5 Å². The van der Waals surface area contributed by atoms with Gasteiger partial charge in [0.2, 0.25) is 0 Å². The fourth-order valence-corrected chi connectivity index (χ4v) is 2.54. The highest BCUT2D eigenvalue weighted by Crippen LogP contribution is 2.40. The summed E-state index contributed by atoms with van der Waals surface area (Å²) < 4.78 is 1.54. The Bertz CT molecular complexity index is 608. The molecule has 98 valence electrons. The van der Waals surface area contributed by atoms with Gasteiger partial charge in [0.05, 0.1) is 5.02 Å². The molecular formula is C14H14ClN3O. The summed E-state index contributed by atoms with van der Waals surface area (Å²) in [6.07, 6.45) is 2.60. The van der Waals surface area contributed by atoms with Crippen molar-refractivity contribution in [3.8, 4) is 0 Å². The molecule has 1 aliphatic carbocycles. The molecule has 1 fully saturated rings. The molecule has 0 saturated heterocycles. The number of hydrogen-bond donors (Lipinski definition) is 1. The van der Waals surface area contributed by atoms with E-state index >= 15 is 0 Å². The van der Waals surface area contributed by atoms with Crippen molar-refractivity contribution >= 4 is 17.5 Å². The number of nitrogens with one attached hydrogen (secondary N) is 1. The third-order valence-corrected chi connectivity index (χ3v) is 3.61. The molecule has 19 heavy (non-hydrogen) atoms. The summed E-state index contributed by atoms with van der Waals surface area (Å²) in [5, 5.41) is 7.42. The first-order valence-corrected chi connectivity index (χ1v) is 6.58. The van der Waals surface area contributed by atoms with E-state index in [0.29, 0.717) is 16.6 Å². The highest BCUT2D eigenvalue weighted by Gasteiger charge is 2.39. The van der Waals surface area contributed by atoms with Crippen molar-refractivity contribution < 1.29 is 4.79 Å².